The van der Waals surface area contributed by atoms with Gasteiger partial charge >= 0.3 is 0 Å². The second kappa shape index (κ2) is 5.91. The highest BCUT2D eigenvalue weighted by Gasteiger charge is 1.97. The summed E-state index contributed by atoms with van der Waals surface area (Å²) in [6.45, 7) is 6.62. The van der Waals surface area contributed by atoms with E-state index in [-0.39, 0.29) is 0 Å². The Balaban J connectivity index is 3.54. The lowest BCUT2D eigenvalue weighted by molar-refractivity contribution is 1.28. The molecule has 52 valence electrons. The molecule has 0 saturated heterocycles. The average Bonchev–Trinajstić information content (AvgIpc) is 1.91. The lowest BCUT2D eigenvalue weighted by Crippen LogP contribution is -2.04. The first-order valence-electron chi connectivity index (χ1n) is 3.83. The van der Waals surface area contributed by atoms with Gasteiger partial charge in [-0.2, -0.15) is 0 Å². The van der Waals surface area contributed by atoms with Crippen molar-refractivity contribution >= 4 is 8.80 Å². The van der Waals surface area contributed by atoms with Gasteiger partial charge in [0.2, 0.25) is 0 Å². The predicted molar refractivity (Wildman–Crippen MR) is 46.2 cm³/mol. The van der Waals surface area contributed by atoms with Crippen LogP contribution in [0.3, 0.4) is 0 Å². The second-order valence-corrected chi connectivity index (χ2v) is 5.50. The molecule has 0 aromatic heterocycles. The normalized spacial score (nSPS) is 8.89. The molecule has 0 amide bonds. The van der Waals surface area contributed by atoms with Crippen LogP contribution in [0.1, 0.15) is 27.2 Å². The van der Waals surface area contributed by atoms with Crippen molar-refractivity contribution in [3.8, 4) is 11.5 Å². The number of hydrogen-bond donors (Lipinski definition) is 0. The van der Waals surface area contributed by atoms with Crippen LogP contribution in [0.4, 0.5) is 0 Å². The van der Waals surface area contributed by atoms with Crippen molar-refractivity contribution in [2.24, 2.45) is 0 Å². The Hall–Kier alpha value is -0.223. The van der Waals surface area contributed by atoms with E-state index in [1.54, 1.807) is 0 Å². The summed E-state index contributed by atoms with van der Waals surface area (Å²) in [4.78, 5) is 0. The molecule has 0 heterocycles. The summed E-state index contributed by atoms with van der Waals surface area (Å²) in [5.41, 5.74) is 3.36. The molecule has 0 radical (unpaired) electrons. The summed E-state index contributed by atoms with van der Waals surface area (Å²) in [6, 6.07) is 2.67. The zero-order chi connectivity index (χ0) is 7.11. The maximum atomic E-state index is 3.36. The van der Waals surface area contributed by atoms with Crippen LogP contribution in [0.15, 0.2) is 0 Å². The average molecular weight is 140 g/mol. The summed E-state index contributed by atoms with van der Waals surface area (Å²) in [7, 11) is -0.571. The molecule has 0 spiro atoms. The van der Waals surface area contributed by atoms with Gasteiger partial charge < -0.3 is 0 Å². The summed E-state index contributed by atoms with van der Waals surface area (Å²) >= 11 is 0. The van der Waals surface area contributed by atoms with Gasteiger partial charge in [0.05, 0.1) is 0 Å². The van der Waals surface area contributed by atoms with Crippen molar-refractivity contribution < 1.29 is 0 Å². The fourth-order valence-electron chi connectivity index (χ4n) is 0.739. The Morgan fingerprint density at radius 1 is 1.11 bits per heavy atom. The topological polar surface area (TPSA) is 0 Å². The molecule has 0 aromatic rings. The molecule has 0 rings (SSSR count). The highest BCUT2D eigenvalue weighted by Crippen LogP contribution is 1.94. The van der Waals surface area contributed by atoms with Gasteiger partial charge in [-0.1, -0.05) is 32.9 Å². The van der Waals surface area contributed by atoms with Crippen molar-refractivity contribution in [1.82, 2.24) is 0 Å². The van der Waals surface area contributed by atoms with Gasteiger partial charge in [0.1, 0.15) is 8.80 Å². The second-order valence-electron chi connectivity index (χ2n) is 2.19. The third kappa shape index (κ3) is 4.29. The molecule has 0 saturated carbocycles. The van der Waals surface area contributed by atoms with E-state index in [0.717, 1.165) is 6.42 Å². The fraction of sp³-hybridized carbons (Fsp3) is 0.750. The molecular formula is C8H16Si. The van der Waals surface area contributed by atoms with E-state index in [4.69, 9.17) is 0 Å². The van der Waals surface area contributed by atoms with Gasteiger partial charge in [-0.05, 0) is 0 Å². The molecular weight excluding hydrogens is 124 g/mol. The van der Waals surface area contributed by atoms with Crippen LogP contribution in [0.2, 0.25) is 12.1 Å². The molecule has 0 aliphatic carbocycles. The van der Waals surface area contributed by atoms with E-state index in [1.807, 2.05) is 0 Å². The molecule has 0 nitrogen and oxygen atoms in total. The summed E-state index contributed by atoms with van der Waals surface area (Å²) in [6.07, 6.45) is 1.03. The molecule has 9 heavy (non-hydrogen) atoms. The zero-order valence-electron chi connectivity index (χ0n) is 6.70. The highest BCUT2D eigenvalue weighted by atomic mass is 28.3. The summed E-state index contributed by atoms with van der Waals surface area (Å²) < 4.78 is 0. The van der Waals surface area contributed by atoms with Gasteiger partial charge in [0.25, 0.3) is 0 Å². The lowest BCUT2D eigenvalue weighted by atomic mass is 10.5. The molecule has 0 unspecified atom stereocenters. The minimum absolute atomic E-state index is 0.571. The first-order valence-corrected chi connectivity index (χ1v) is 6.04. The minimum Gasteiger partial charge on any atom is -0.135 e. The largest absolute Gasteiger partial charge is 0.135 e. The van der Waals surface area contributed by atoms with Crippen molar-refractivity contribution in [2.75, 3.05) is 0 Å². The maximum absolute atomic E-state index is 3.36. The Labute approximate surface area is 60.3 Å². The van der Waals surface area contributed by atoms with Crippen LogP contribution in [-0.4, -0.2) is 8.80 Å². The SMILES string of the molecule is CCC#C[SiH](CC)CC. The molecule has 0 aliphatic heterocycles. The van der Waals surface area contributed by atoms with Gasteiger partial charge in [-0.25, -0.2) is 0 Å². The Kier molecular flexibility index (Phi) is 5.76. The van der Waals surface area contributed by atoms with Crippen LogP contribution < -0.4 is 0 Å². The molecule has 1 heteroatoms. The number of hydrogen-bond acceptors (Lipinski definition) is 0. The van der Waals surface area contributed by atoms with Crippen molar-refractivity contribution in [3.05, 3.63) is 0 Å². The van der Waals surface area contributed by atoms with E-state index >= 15 is 0 Å². The van der Waals surface area contributed by atoms with E-state index < -0.39 is 8.80 Å². The highest BCUT2D eigenvalue weighted by molar-refractivity contribution is 6.67. The third-order valence-corrected chi connectivity index (χ3v) is 4.05. The molecule has 0 N–H and O–H groups in total. The standard InChI is InChI=1S/C8H16Si/c1-4-7-8-9(5-2)6-3/h9H,4-6H2,1-3H3. The zero-order valence-corrected chi connectivity index (χ0v) is 7.85. The van der Waals surface area contributed by atoms with Crippen LogP contribution in [0.25, 0.3) is 0 Å². The van der Waals surface area contributed by atoms with Gasteiger partial charge in [-0.15, -0.1) is 11.5 Å². The van der Waals surface area contributed by atoms with E-state index in [2.05, 4.69) is 32.2 Å². The van der Waals surface area contributed by atoms with Crippen LogP contribution in [0.5, 0.6) is 0 Å². The third-order valence-electron chi connectivity index (χ3n) is 1.47. The molecule has 0 aromatic carbocycles. The summed E-state index contributed by atoms with van der Waals surface area (Å²) in [5, 5.41) is 0. The Morgan fingerprint density at radius 2 is 1.67 bits per heavy atom. The monoisotopic (exact) mass is 140 g/mol. The fourth-order valence-corrected chi connectivity index (χ4v) is 2.22. The first-order chi connectivity index (χ1) is 4.35. The van der Waals surface area contributed by atoms with E-state index in [9.17, 15) is 0 Å². The lowest BCUT2D eigenvalue weighted by Gasteiger charge is -1.97. The minimum atomic E-state index is -0.571. The van der Waals surface area contributed by atoms with Crippen molar-refractivity contribution in [3.63, 3.8) is 0 Å². The quantitative estimate of drug-likeness (QED) is 0.407. The smallest absolute Gasteiger partial charge is 0.122 e. The molecule has 0 aliphatic rings. The maximum Gasteiger partial charge on any atom is 0.122 e. The first kappa shape index (κ1) is 8.78. The Morgan fingerprint density at radius 3 is 2.00 bits per heavy atom. The van der Waals surface area contributed by atoms with Gasteiger partial charge in [0, 0.05) is 6.42 Å². The molecule has 0 atom stereocenters. The Bertz CT molecular complexity index is 103. The van der Waals surface area contributed by atoms with Crippen molar-refractivity contribution in [1.29, 1.82) is 0 Å². The van der Waals surface area contributed by atoms with Gasteiger partial charge in [0.15, 0.2) is 0 Å². The van der Waals surface area contributed by atoms with Gasteiger partial charge in [-0.3, -0.25) is 0 Å². The summed E-state index contributed by atoms with van der Waals surface area (Å²) in [5.74, 6) is 3.16. The van der Waals surface area contributed by atoms with E-state index in [0.29, 0.717) is 0 Å². The van der Waals surface area contributed by atoms with E-state index in [1.165, 1.54) is 12.1 Å². The number of rotatable bonds is 2. The molecule has 0 bridgehead atoms. The van der Waals surface area contributed by atoms with Crippen LogP contribution >= 0.6 is 0 Å². The predicted octanol–water partition coefficient (Wildman–Crippen LogP) is 2.21. The van der Waals surface area contributed by atoms with Crippen molar-refractivity contribution in [2.45, 2.75) is 39.3 Å². The van der Waals surface area contributed by atoms with Crippen LogP contribution in [0, 0.1) is 11.5 Å². The van der Waals surface area contributed by atoms with Crippen LogP contribution in [-0.2, 0) is 0 Å². The molecule has 0 fully saturated rings.